The van der Waals surface area contributed by atoms with Gasteiger partial charge in [0.2, 0.25) is 32.6 Å². The van der Waals surface area contributed by atoms with Crippen molar-refractivity contribution >= 4 is 48.8 Å². The van der Waals surface area contributed by atoms with Crippen LogP contribution in [0.3, 0.4) is 0 Å². The lowest BCUT2D eigenvalue weighted by Gasteiger charge is -1.93. The van der Waals surface area contributed by atoms with Crippen molar-refractivity contribution in [2.75, 3.05) is 7.11 Å². The molecule has 0 saturated carbocycles. The number of fused-ring (bicyclic) bond motifs is 1. The minimum atomic E-state index is -0.411. The van der Waals surface area contributed by atoms with E-state index in [1.54, 1.807) is 13.2 Å². The van der Waals surface area contributed by atoms with Crippen LogP contribution in [-0.2, 0) is 11.2 Å². The topological polar surface area (TPSA) is 104 Å². The fourth-order valence-corrected chi connectivity index (χ4v) is 5.88. The zero-order chi connectivity index (χ0) is 14.8. The number of pyridine rings is 1. The zero-order valence-corrected chi connectivity index (χ0v) is 13.3. The van der Waals surface area contributed by atoms with Crippen molar-refractivity contribution in [2.24, 2.45) is 5.73 Å². The van der Waals surface area contributed by atoms with Crippen LogP contribution in [0.1, 0.15) is 5.01 Å². The second kappa shape index (κ2) is 5.92. The minimum absolute atomic E-state index is 0.117. The number of carbonyl (C=O) groups excluding carboxylic acids is 1. The SMILES string of the molecule is COc1ccc2c[s+](Sc3nnc(CC(N)=O)s3)nc2n1. The summed E-state index contributed by atoms with van der Waals surface area (Å²) in [6.07, 6.45) is 0.117. The molecule has 3 aromatic heterocycles. The number of methoxy groups -OCH3 is 1. The van der Waals surface area contributed by atoms with Gasteiger partial charge < -0.3 is 10.5 Å². The van der Waals surface area contributed by atoms with Gasteiger partial charge in [-0.3, -0.25) is 4.79 Å². The first-order valence-electron chi connectivity index (χ1n) is 5.78. The molecule has 21 heavy (non-hydrogen) atoms. The molecule has 0 aromatic carbocycles. The molecule has 1 unspecified atom stereocenters. The van der Waals surface area contributed by atoms with Crippen LogP contribution in [-0.4, -0.2) is 32.6 Å². The van der Waals surface area contributed by atoms with Gasteiger partial charge in [0, 0.05) is 6.07 Å². The summed E-state index contributed by atoms with van der Waals surface area (Å²) in [7, 11) is 2.67. The number of amides is 1. The van der Waals surface area contributed by atoms with Crippen LogP contribution in [0.5, 0.6) is 5.88 Å². The van der Waals surface area contributed by atoms with Gasteiger partial charge in [0.05, 0.1) is 18.9 Å². The maximum atomic E-state index is 10.8. The molecule has 7 nitrogen and oxygen atoms in total. The third-order valence-electron chi connectivity index (χ3n) is 2.42. The molecule has 0 fully saturated rings. The number of hydrogen-bond acceptors (Lipinski definition) is 8. The van der Waals surface area contributed by atoms with Gasteiger partial charge in [0.25, 0.3) is 0 Å². The van der Waals surface area contributed by atoms with Crippen LogP contribution >= 0.6 is 31.8 Å². The van der Waals surface area contributed by atoms with E-state index in [0.29, 0.717) is 16.5 Å². The molecule has 0 aliphatic heterocycles. The lowest BCUT2D eigenvalue weighted by molar-refractivity contribution is -0.117. The van der Waals surface area contributed by atoms with Crippen LogP contribution in [0.25, 0.3) is 11.0 Å². The highest BCUT2D eigenvalue weighted by Crippen LogP contribution is 2.40. The highest BCUT2D eigenvalue weighted by molar-refractivity contribution is 8.45. The Labute approximate surface area is 130 Å². The smallest absolute Gasteiger partial charge is 0.233 e. The first-order valence-corrected chi connectivity index (χ1v) is 9.17. The summed E-state index contributed by atoms with van der Waals surface area (Å²) in [5.74, 6) is 0.131. The molecule has 3 rings (SSSR count). The van der Waals surface area contributed by atoms with Gasteiger partial charge in [0.15, 0.2) is 15.1 Å². The average molecular weight is 340 g/mol. The summed E-state index contributed by atoms with van der Waals surface area (Å²) >= 11 is 1.36. The number of nitrogens with two attached hydrogens (primary N) is 1. The molecular weight excluding hydrogens is 330 g/mol. The molecule has 108 valence electrons. The van der Waals surface area contributed by atoms with Gasteiger partial charge >= 0.3 is 0 Å². The number of aromatic nitrogens is 4. The van der Waals surface area contributed by atoms with E-state index in [9.17, 15) is 4.79 Å². The van der Waals surface area contributed by atoms with Crippen molar-refractivity contribution < 1.29 is 9.53 Å². The van der Waals surface area contributed by atoms with Gasteiger partial charge in [-0.05, 0) is 10.4 Å². The molecule has 0 aliphatic carbocycles. The van der Waals surface area contributed by atoms with E-state index in [1.165, 1.54) is 22.1 Å². The minimum Gasteiger partial charge on any atom is -0.481 e. The average Bonchev–Trinajstić information content (AvgIpc) is 3.03. The second-order valence-corrected chi connectivity index (χ2v) is 8.31. The van der Waals surface area contributed by atoms with Gasteiger partial charge in [-0.2, -0.15) is 4.98 Å². The highest BCUT2D eigenvalue weighted by Gasteiger charge is 2.20. The first kappa shape index (κ1) is 14.2. The number of primary amides is 1. The standard InChI is InChI=1S/C11H9N5O2S3/c1-18-8-3-2-6-5-21(16-10(6)13-8)20-11-15-14-9(19-11)4-7(12)17/h2-3,5H,4H2,1H3,(H-,12,17)/p+1. The number of carbonyl (C=O) groups is 1. The lowest BCUT2D eigenvalue weighted by atomic mass is 10.4. The van der Waals surface area contributed by atoms with Crippen LogP contribution < -0.4 is 10.5 Å². The fourth-order valence-electron chi connectivity index (χ4n) is 1.55. The van der Waals surface area contributed by atoms with Gasteiger partial charge in [0.1, 0.15) is 5.01 Å². The Morgan fingerprint density at radius 3 is 3.10 bits per heavy atom. The van der Waals surface area contributed by atoms with Crippen molar-refractivity contribution in [3.05, 3.63) is 22.5 Å². The van der Waals surface area contributed by atoms with E-state index in [2.05, 4.69) is 19.6 Å². The summed E-state index contributed by atoms with van der Waals surface area (Å²) in [6, 6.07) is 3.73. The van der Waals surface area contributed by atoms with Gasteiger partial charge in [-0.15, -0.1) is 10.2 Å². The Bertz CT molecular complexity index is 800. The predicted octanol–water partition coefficient (Wildman–Crippen LogP) is 1.82. The maximum absolute atomic E-state index is 10.8. The third-order valence-corrected chi connectivity index (χ3v) is 6.66. The van der Waals surface area contributed by atoms with Crippen molar-refractivity contribution in [3.8, 4) is 5.88 Å². The third kappa shape index (κ3) is 3.28. The zero-order valence-electron chi connectivity index (χ0n) is 10.8. The van der Waals surface area contributed by atoms with Crippen molar-refractivity contribution in [2.45, 2.75) is 10.8 Å². The van der Waals surface area contributed by atoms with Crippen LogP contribution in [0.2, 0.25) is 0 Å². The van der Waals surface area contributed by atoms with Crippen LogP contribution in [0, 0.1) is 0 Å². The van der Waals surface area contributed by atoms with Gasteiger partial charge in [-0.25, -0.2) is 0 Å². The first-order chi connectivity index (χ1) is 10.1. The summed E-state index contributed by atoms with van der Waals surface area (Å²) in [4.78, 5) is 15.1. The molecule has 0 saturated heterocycles. The lowest BCUT2D eigenvalue weighted by Crippen LogP contribution is -2.13. The van der Waals surface area contributed by atoms with Crippen LogP contribution in [0.15, 0.2) is 21.9 Å². The summed E-state index contributed by atoms with van der Waals surface area (Å²) in [5, 5.41) is 11.6. The van der Waals surface area contributed by atoms with E-state index in [4.69, 9.17) is 10.5 Å². The van der Waals surface area contributed by atoms with Crippen molar-refractivity contribution in [1.82, 2.24) is 19.6 Å². The molecule has 0 bridgehead atoms. The number of nitrogens with zero attached hydrogens (tertiary/aromatic N) is 4. The van der Waals surface area contributed by atoms with Gasteiger partial charge in [-0.1, -0.05) is 11.3 Å². The Balaban J connectivity index is 1.81. The Hall–Kier alpha value is -1.78. The van der Waals surface area contributed by atoms with E-state index in [0.717, 1.165) is 9.73 Å². The monoisotopic (exact) mass is 340 g/mol. The molecule has 0 aliphatic rings. The molecule has 3 aromatic rings. The fraction of sp³-hybridized carbons (Fsp3) is 0.182. The van der Waals surface area contributed by atoms with E-state index >= 15 is 0 Å². The molecular formula is C11H10N5O2S3+. The number of hydrogen-bond donors (Lipinski definition) is 1. The van der Waals surface area contributed by atoms with E-state index in [-0.39, 0.29) is 6.42 Å². The normalized spacial score (nSPS) is 11.8. The summed E-state index contributed by atoms with van der Waals surface area (Å²) in [5.41, 5.74) is 5.81. The predicted molar refractivity (Wildman–Crippen MR) is 82.6 cm³/mol. The number of rotatable bonds is 5. The number of ether oxygens (including phenoxy) is 1. The van der Waals surface area contributed by atoms with Crippen molar-refractivity contribution in [3.63, 3.8) is 0 Å². The molecule has 1 atom stereocenters. The van der Waals surface area contributed by atoms with Crippen LogP contribution in [0.4, 0.5) is 0 Å². The van der Waals surface area contributed by atoms with E-state index in [1.807, 2.05) is 11.4 Å². The van der Waals surface area contributed by atoms with Crippen molar-refractivity contribution in [1.29, 1.82) is 0 Å². The summed E-state index contributed by atoms with van der Waals surface area (Å²) in [6.45, 7) is 0. The Kier molecular flexibility index (Phi) is 3.99. The molecule has 0 spiro atoms. The molecule has 2 N–H and O–H groups in total. The Morgan fingerprint density at radius 1 is 1.48 bits per heavy atom. The maximum Gasteiger partial charge on any atom is 0.233 e. The quantitative estimate of drug-likeness (QED) is 0.558. The largest absolute Gasteiger partial charge is 0.481 e. The van der Waals surface area contributed by atoms with E-state index < -0.39 is 15.6 Å². The Morgan fingerprint density at radius 2 is 2.33 bits per heavy atom. The summed E-state index contributed by atoms with van der Waals surface area (Å²) < 4.78 is 10.4. The second-order valence-electron chi connectivity index (χ2n) is 3.94. The molecule has 0 radical (unpaired) electrons. The highest BCUT2D eigenvalue weighted by atomic mass is 33.1. The molecule has 3 heterocycles. The molecule has 10 heteroatoms. The molecule has 1 amide bonds.